The predicted molar refractivity (Wildman–Crippen MR) is 126 cm³/mol. The van der Waals surface area contributed by atoms with Crippen molar-refractivity contribution in [1.29, 1.82) is 0 Å². The lowest BCUT2D eigenvalue weighted by Gasteiger charge is -2.25. The van der Waals surface area contributed by atoms with Crippen LogP contribution >= 0.6 is 0 Å². The van der Waals surface area contributed by atoms with Gasteiger partial charge in [0.05, 0.1) is 0 Å². The molecule has 0 aliphatic carbocycles. The second-order valence-corrected chi connectivity index (χ2v) is 8.10. The standard InChI is InChI=1S/C25H30N4O4/c1-3-16(2)22(29-25(32)33-15-17-9-5-4-6-10-17)24(31)28-21(23(26)30)13-18-14-27-20-12-8-7-11-19(18)20/h4-12,14,16,21-22,27H,3,13,15H2,1-2H3,(H2,26,30)(H,28,31)(H,29,32). The number of rotatable bonds is 10. The normalized spacial score (nSPS) is 13.6. The average Bonchev–Trinajstić information content (AvgIpc) is 3.23. The molecule has 3 atom stereocenters. The lowest BCUT2D eigenvalue weighted by Crippen LogP contribution is -2.55. The van der Waals surface area contributed by atoms with Gasteiger partial charge >= 0.3 is 6.09 Å². The number of para-hydroxylation sites is 1. The van der Waals surface area contributed by atoms with E-state index >= 15 is 0 Å². The number of fused-ring (bicyclic) bond motifs is 1. The first-order valence-electron chi connectivity index (χ1n) is 11.0. The van der Waals surface area contributed by atoms with Crippen molar-refractivity contribution >= 4 is 28.8 Å². The third-order valence-corrected chi connectivity index (χ3v) is 5.74. The van der Waals surface area contributed by atoms with Gasteiger partial charge in [-0.3, -0.25) is 9.59 Å². The van der Waals surface area contributed by atoms with E-state index in [4.69, 9.17) is 10.5 Å². The van der Waals surface area contributed by atoms with Gasteiger partial charge in [-0.1, -0.05) is 68.8 Å². The lowest BCUT2D eigenvalue weighted by molar-refractivity contribution is -0.129. The molecule has 3 unspecified atom stereocenters. The molecule has 8 heteroatoms. The topological polar surface area (TPSA) is 126 Å². The maximum Gasteiger partial charge on any atom is 0.408 e. The number of hydrogen-bond acceptors (Lipinski definition) is 4. The molecule has 3 aromatic rings. The van der Waals surface area contributed by atoms with E-state index in [1.54, 1.807) is 6.20 Å². The fraction of sp³-hybridized carbons (Fsp3) is 0.320. The van der Waals surface area contributed by atoms with E-state index in [9.17, 15) is 14.4 Å². The van der Waals surface area contributed by atoms with Gasteiger partial charge < -0.3 is 26.1 Å². The fourth-order valence-electron chi connectivity index (χ4n) is 3.60. The Hall–Kier alpha value is -3.81. The van der Waals surface area contributed by atoms with Crippen LogP contribution in [0.1, 0.15) is 31.4 Å². The molecule has 8 nitrogen and oxygen atoms in total. The van der Waals surface area contributed by atoms with Gasteiger partial charge in [0.2, 0.25) is 11.8 Å². The molecule has 1 aromatic heterocycles. The van der Waals surface area contributed by atoms with Crippen molar-refractivity contribution < 1.29 is 19.1 Å². The number of carbonyl (C=O) groups is 3. The maximum absolute atomic E-state index is 13.1. The number of alkyl carbamates (subject to hydrolysis) is 1. The highest BCUT2D eigenvalue weighted by atomic mass is 16.5. The fourth-order valence-corrected chi connectivity index (χ4v) is 3.60. The number of nitrogens with two attached hydrogens (primary N) is 1. The number of amides is 3. The molecule has 0 saturated heterocycles. The smallest absolute Gasteiger partial charge is 0.408 e. The predicted octanol–water partition coefficient (Wildman–Crippen LogP) is 3.02. The van der Waals surface area contributed by atoms with Crippen LogP contribution in [0.25, 0.3) is 10.9 Å². The third kappa shape index (κ3) is 6.35. The number of primary amides is 1. The number of ether oxygens (including phenoxy) is 1. The van der Waals surface area contributed by atoms with Crippen LogP contribution in [-0.2, 0) is 27.4 Å². The molecule has 0 bridgehead atoms. The summed E-state index contributed by atoms with van der Waals surface area (Å²) < 4.78 is 5.26. The molecule has 0 spiro atoms. The zero-order valence-electron chi connectivity index (χ0n) is 18.8. The van der Waals surface area contributed by atoms with Gasteiger partial charge in [0.1, 0.15) is 18.7 Å². The highest BCUT2D eigenvalue weighted by molar-refractivity contribution is 5.92. The first-order valence-corrected chi connectivity index (χ1v) is 11.0. The Morgan fingerprint density at radius 2 is 1.73 bits per heavy atom. The highest BCUT2D eigenvalue weighted by Crippen LogP contribution is 2.19. The van der Waals surface area contributed by atoms with Gasteiger partial charge in [-0.05, 0) is 23.1 Å². The van der Waals surface area contributed by atoms with Crippen molar-refractivity contribution in [2.24, 2.45) is 11.7 Å². The summed E-state index contributed by atoms with van der Waals surface area (Å²) in [4.78, 5) is 40.7. The van der Waals surface area contributed by atoms with Crippen LogP contribution in [0.2, 0.25) is 0 Å². The van der Waals surface area contributed by atoms with Gasteiger partial charge in [-0.25, -0.2) is 4.79 Å². The quantitative estimate of drug-likeness (QED) is 0.379. The number of H-pyrrole nitrogens is 1. The van der Waals surface area contributed by atoms with Crippen molar-refractivity contribution in [3.63, 3.8) is 0 Å². The number of carbonyl (C=O) groups excluding carboxylic acids is 3. The van der Waals surface area contributed by atoms with Crippen LogP contribution < -0.4 is 16.4 Å². The summed E-state index contributed by atoms with van der Waals surface area (Å²) in [6.07, 6.45) is 1.97. The molecular formula is C25H30N4O4. The number of aromatic nitrogens is 1. The molecule has 3 amide bonds. The zero-order chi connectivity index (χ0) is 23.8. The minimum atomic E-state index is -0.926. The van der Waals surface area contributed by atoms with Crippen molar-refractivity contribution in [3.8, 4) is 0 Å². The molecule has 0 fully saturated rings. The van der Waals surface area contributed by atoms with E-state index < -0.39 is 30.0 Å². The first-order chi connectivity index (χ1) is 15.9. The summed E-state index contributed by atoms with van der Waals surface area (Å²) in [6, 6.07) is 15.1. The second-order valence-electron chi connectivity index (χ2n) is 8.10. The Labute approximate surface area is 192 Å². The van der Waals surface area contributed by atoms with Gasteiger partial charge in [-0.2, -0.15) is 0 Å². The van der Waals surface area contributed by atoms with Crippen LogP contribution in [0.5, 0.6) is 0 Å². The van der Waals surface area contributed by atoms with Crippen LogP contribution in [0.15, 0.2) is 60.8 Å². The van der Waals surface area contributed by atoms with Crippen molar-refractivity contribution in [1.82, 2.24) is 15.6 Å². The molecule has 2 aromatic carbocycles. The van der Waals surface area contributed by atoms with Crippen LogP contribution in [0.3, 0.4) is 0 Å². The SMILES string of the molecule is CCC(C)C(NC(=O)OCc1ccccc1)C(=O)NC(Cc1c[nH]c2ccccc12)C(N)=O. The molecule has 0 saturated carbocycles. The van der Waals surface area contributed by atoms with Crippen LogP contribution in [0, 0.1) is 5.92 Å². The second kappa shape index (κ2) is 11.2. The van der Waals surface area contributed by atoms with Crippen LogP contribution in [0.4, 0.5) is 4.79 Å². The van der Waals surface area contributed by atoms with Crippen molar-refractivity contribution in [2.75, 3.05) is 0 Å². The van der Waals surface area contributed by atoms with E-state index in [0.29, 0.717) is 6.42 Å². The Bertz CT molecular complexity index is 1100. The molecule has 3 rings (SSSR count). The number of nitrogens with one attached hydrogen (secondary N) is 3. The summed E-state index contributed by atoms with van der Waals surface area (Å²) in [6.45, 7) is 3.85. The average molecular weight is 451 g/mol. The minimum Gasteiger partial charge on any atom is -0.445 e. The van der Waals surface area contributed by atoms with E-state index in [1.807, 2.05) is 68.4 Å². The summed E-state index contributed by atoms with van der Waals surface area (Å²) in [5, 5.41) is 6.31. The maximum atomic E-state index is 13.1. The summed E-state index contributed by atoms with van der Waals surface area (Å²) in [5.74, 6) is -1.32. The Kier molecular flexibility index (Phi) is 8.07. The van der Waals surface area contributed by atoms with Crippen molar-refractivity contribution in [3.05, 3.63) is 71.9 Å². The number of aromatic amines is 1. The van der Waals surface area contributed by atoms with Gasteiger partial charge in [0, 0.05) is 23.5 Å². The van der Waals surface area contributed by atoms with Gasteiger partial charge in [0.15, 0.2) is 0 Å². The molecule has 0 aliphatic rings. The lowest BCUT2D eigenvalue weighted by atomic mass is 9.97. The molecule has 0 aliphatic heterocycles. The third-order valence-electron chi connectivity index (χ3n) is 5.74. The van der Waals surface area contributed by atoms with E-state index in [-0.39, 0.29) is 18.9 Å². The Balaban J connectivity index is 1.66. The van der Waals surface area contributed by atoms with E-state index in [2.05, 4.69) is 15.6 Å². The Morgan fingerprint density at radius 3 is 2.42 bits per heavy atom. The molecule has 0 radical (unpaired) electrons. The number of hydrogen-bond donors (Lipinski definition) is 4. The summed E-state index contributed by atoms with van der Waals surface area (Å²) in [5.41, 5.74) is 8.23. The molecular weight excluding hydrogens is 420 g/mol. The Morgan fingerprint density at radius 1 is 1.03 bits per heavy atom. The number of benzene rings is 2. The molecule has 174 valence electrons. The zero-order valence-corrected chi connectivity index (χ0v) is 18.8. The highest BCUT2D eigenvalue weighted by Gasteiger charge is 2.30. The summed E-state index contributed by atoms with van der Waals surface area (Å²) >= 11 is 0. The monoisotopic (exact) mass is 450 g/mol. The van der Waals surface area contributed by atoms with Gasteiger partial charge in [0.25, 0.3) is 0 Å². The molecule has 1 heterocycles. The van der Waals surface area contributed by atoms with Crippen molar-refractivity contribution in [2.45, 2.75) is 45.4 Å². The van der Waals surface area contributed by atoms with Gasteiger partial charge in [-0.15, -0.1) is 0 Å². The van der Waals surface area contributed by atoms with E-state index in [0.717, 1.165) is 22.0 Å². The van der Waals surface area contributed by atoms with Crippen LogP contribution in [-0.4, -0.2) is 35.0 Å². The first kappa shape index (κ1) is 23.8. The molecule has 33 heavy (non-hydrogen) atoms. The largest absolute Gasteiger partial charge is 0.445 e. The summed E-state index contributed by atoms with van der Waals surface area (Å²) in [7, 11) is 0. The van der Waals surface area contributed by atoms with E-state index in [1.165, 1.54) is 0 Å². The molecule has 5 N–H and O–H groups in total. The minimum absolute atomic E-state index is 0.0893.